The van der Waals surface area contributed by atoms with E-state index in [1.807, 2.05) is 0 Å². The molecule has 19 heavy (non-hydrogen) atoms. The summed E-state index contributed by atoms with van der Waals surface area (Å²) in [6.07, 6.45) is 3.14. The fourth-order valence-electron chi connectivity index (χ4n) is 2.46. The Hall–Kier alpha value is -1.63. The van der Waals surface area contributed by atoms with E-state index in [-0.39, 0.29) is 10.9 Å². The molecule has 1 aromatic heterocycles. The summed E-state index contributed by atoms with van der Waals surface area (Å²) in [4.78, 5) is 17.1. The molecule has 2 rings (SSSR count). The number of carboxylic acid groups (broad SMARTS) is 1. The predicted octanol–water partition coefficient (Wildman–Crippen LogP) is 0.785. The Labute approximate surface area is 112 Å². The third-order valence-electron chi connectivity index (χ3n) is 3.49. The first-order chi connectivity index (χ1) is 8.82. The van der Waals surface area contributed by atoms with E-state index in [0.29, 0.717) is 18.8 Å². The predicted molar refractivity (Wildman–Crippen MR) is 69.9 cm³/mol. The van der Waals surface area contributed by atoms with Crippen LogP contribution in [0.1, 0.15) is 13.3 Å². The highest BCUT2D eigenvalue weighted by atomic mass is 32.2. The quantitative estimate of drug-likeness (QED) is 0.882. The highest BCUT2D eigenvalue weighted by Crippen LogP contribution is 2.32. The number of hydrogen-bond acceptors (Lipinski definition) is 5. The first-order valence-electron chi connectivity index (χ1n) is 5.97. The van der Waals surface area contributed by atoms with Gasteiger partial charge in [0.1, 0.15) is 10.7 Å². The molecule has 7 heteroatoms. The molecule has 2 unspecified atom stereocenters. The molecule has 104 valence electrons. The summed E-state index contributed by atoms with van der Waals surface area (Å²) in [5.74, 6) is -0.998. The second kappa shape index (κ2) is 4.80. The lowest BCUT2D eigenvalue weighted by atomic mass is 10.0. The van der Waals surface area contributed by atoms with Crippen molar-refractivity contribution in [2.45, 2.75) is 24.3 Å². The molecule has 0 aromatic carbocycles. The normalized spacial score (nSPS) is 23.6. The summed E-state index contributed by atoms with van der Waals surface area (Å²) < 4.78 is 23.5. The number of sulfone groups is 1. The van der Waals surface area contributed by atoms with Gasteiger partial charge >= 0.3 is 5.97 Å². The molecule has 1 aliphatic heterocycles. The molecule has 2 heterocycles. The number of hydrogen-bond donors (Lipinski definition) is 1. The maximum Gasteiger partial charge on any atom is 0.308 e. The number of carbonyl (C=O) groups is 1. The molecular weight excluding hydrogens is 268 g/mol. The van der Waals surface area contributed by atoms with Crippen molar-refractivity contribution in [3.05, 3.63) is 18.3 Å². The average molecular weight is 284 g/mol. The highest BCUT2D eigenvalue weighted by Gasteiger charge is 2.37. The molecule has 0 bridgehead atoms. The summed E-state index contributed by atoms with van der Waals surface area (Å²) >= 11 is 0. The summed E-state index contributed by atoms with van der Waals surface area (Å²) in [5.41, 5.74) is 0. The van der Waals surface area contributed by atoms with Crippen molar-refractivity contribution >= 4 is 21.6 Å². The molecule has 0 radical (unpaired) electrons. The second-order valence-corrected chi connectivity index (χ2v) is 6.75. The number of nitrogens with zero attached hydrogens (tertiary/aromatic N) is 2. The van der Waals surface area contributed by atoms with Gasteiger partial charge in [-0.1, -0.05) is 0 Å². The second-order valence-electron chi connectivity index (χ2n) is 4.76. The molecule has 2 atom stereocenters. The number of carboxylic acids is 1. The summed E-state index contributed by atoms with van der Waals surface area (Å²) in [6.45, 7) is 2.28. The van der Waals surface area contributed by atoms with Crippen LogP contribution in [-0.2, 0) is 14.6 Å². The third kappa shape index (κ3) is 2.56. The monoisotopic (exact) mass is 284 g/mol. The van der Waals surface area contributed by atoms with Crippen molar-refractivity contribution in [1.29, 1.82) is 0 Å². The maximum atomic E-state index is 11.7. The summed E-state index contributed by atoms with van der Waals surface area (Å²) in [6, 6.07) is 2.79. The molecule has 1 fully saturated rings. The van der Waals surface area contributed by atoms with Crippen molar-refractivity contribution in [3.63, 3.8) is 0 Å². The smallest absolute Gasteiger partial charge is 0.308 e. The molecule has 1 aromatic rings. The lowest BCUT2D eigenvalue weighted by Gasteiger charge is -2.25. The SMILES string of the molecule is CC1C(C(=O)O)CCN1c1ncccc1S(C)(=O)=O. The largest absolute Gasteiger partial charge is 0.481 e. The average Bonchev–Trinajstić information content (AvgIpc) is 2.70. The van der Waals surface area contributed by atoms with Crippen LogP contribution in [0.25, 0.3) is 0 Å². The fourth-order valence-corrected chi connectivity index (χ4v) is 3.28. The van der Waals surface area contributed by atoms with Crippen LogP contribution in [-0.4, -0.2) is 43.3 Å². The van der Waals surface area contributed by atoms with Gasteiger partial charge in [0, 0.05) is 25.0 Å². The van der Waals surface area contributed by atoms with Crippen molar-refractivity contribution in [1.82, 2.24) is 4.98 Å². The third-order valence-corrected chi connectivity index (χ3v) is 4.61. The van der Waals surface area contributed by atoms with Gasteiger partial charge in [-0.05, 0) is 25.5 Å². The van der Waals surface area contributed by atoms with Gasteiger partial charge in [-0.3, -0.25) is 4.79 Å². The van der Waals surface area contributed by atoms with Gasteiger partial charge in [0.2, 0.25) is 0 Å². The molecule has 0 spiro atoms. The minimum atomic E-state index is -3.38. The van der Waals surface area contributed by atoms with E-state index >= 15 is 0 Å². The Balaban J connectivity index is 2.42. The van der Waals surface area contributed by atoms with E-state index < -0.39 is 21.7 Å². The van der Waals surface area contributed by atoms with Gasteiger partial charge in [0.05, 0.1) is 5.92 Å². The van der Waals surface area contributed by atoms with Crippen LogP contribution in [0.5, 0.6) is 0 Å². The van der Waals surface area contributed by atoms with Crippen LogP contribution in [0.4, 0.5) is 5.82 Å². The summed E-state index contributed by atoms with van der Waals surface area (Å²) in [5, 5.41) is 9.11. The van der Waals surface area contributed by atoms with Crippen molar-refractivity contribution in [3.8, 4) is 0 Å². The Morgan fingerprint density at radius 1 is 1.53 bits per heavy atom. The number of anilines is 1. The van der Waals surface area contributed by atoms with Crippen LogP contribution in [0.15, 0.2) is 23.2 Å². The molecule has 1 N–H and O–H groups in total. The van der Waals surface area contributed by atoms with Crippen molar-refractivity contribution in [2.75, 3.05) is 17.7 Å². The molecular formula is C12H16N2O4S. The van der Waals surface area contributed by atoms with Gasteiger partial charge in [0.15, 0.2) is 9.84 Å². The van der Waals surface area contributed by atoms with E-state index in [4.69, 9.17) is 5.11 Å². The summed E-state index contributed by atoms with van der Waals surface area (Å²) in [7, 11) is -3.38. The van der Waals surface area contributed by atoms with Crippen molar-refractivity contribution in [2.24, 2.45) is 5.92 Å². The highest BCUT2D eigenvalue weighted by molar-refractivity contribution is 7.90. The molecule has 0 amide bonds. The standard InChI is InChI=1S/C12H16N2O4S/c1-8-9(12(15)16)5-7-14(8)11-10(19(2,17)18)4-3-6-13-11/h3-4,6,8-9H,5,7H2,1-2H3,(H,15,16). The zero-order valence-electron chi connectivity index (χ0n) is 10.8. The molecule has 1 aliphatic rings. The Morgan fingerprint density at radius 3 is 2.74 bits per heavy atom. The fraction of sp³-hybridized carbons (Fsp3) is 0.500. The van der Waals surface area contributed by atoms with Crippen LogP contribution in [0.2, 0.25) is 0 Å². The van der Waals surface area contributed by atoms with Crippen LogP contribution < -0.4 is 4.90 Å². The van der Waals surface area contributed by atoms with Gasteiger partial charge in [0.25, 0.3) is 0 Å². The Morgan fingerprint density at radius 2 is 2.21 bits per heavy atom. The van der Waals surface area contributed by atoms with Crippen LogP contribution in [0, 0.1) is 5.92 Å². The van der Waals surface area contributed by atoms with Crippen molar-refractivity contribution < 1.29 is 18.3 Å². The van der Waals surface area contributed by atoms with E-state index in [0.717, 1.165) is 6.26 Å². The van der Waals surface area contributed by atoms with E-state index in [1.165, 1.54) is 12.3 Å². The van der Waals surface area contributed by atoms with E-state index in [2.05, 4.69) is 4.98 Å². The maximum absolute atomic E-state index is 11.7. The van der Waals surface area contributed by atoms with E-state index in [1.54, 1.807) is 17.9 Å². The first kappa shape index (κ1) is 13.8. The molecule has 6 nitrogen and oxygen atoms in total. The molecule has 1 saturated heterocycles. The number of pyridine rings is 1. The minimum Gasteiger partial charge on any atom is -0.481 e. The Kier molecular flexibility index (Phi) is 3.49. The van der Waals surface area contributed by atoms with Gasteiger partial charge in [-0.15, -0.1) is 0 Å². The van der Waals surface area contributed by atoms with Crippen LogP contribution >= 0.6 is 0 Å². The van der Waals surface area contributed by atoms with Gasteiger partial charge in [-0.2, -0.15) is 0 Å². The molecule has 0 aliphatic carbocycles. The zero-order valence-corrected chi connectivity index (χ0v) is 11.6. The topological polar surface area (TPSA) is 87.6 Å². The van der Waals surface area contributed by atoms with Gasteiger partial charge in [-0.25, -0.2) is 13.4 Å². The van der Waals surface area contributed by atoms with Crippen LogP contribution in [0.3, 0.4) is 0 Å². The van der Waals surface area contributed by atoms with Gasteiger partial charge < -0.3 is 10.0 Å². The number of aromatic nitrogens is 1. The Bertz CT molecular complexity index is 600. The number of aliphatic carboxylic acids is 1. The first-order valence-corrected chi connectivity index (χ1v) is 7.86. The lowest BCUT2D eigenvalue weighted by Crippen LogP contribution is -2.34. The van der Waals surface area contributed by atoms with E-state index in [9.17, 15) is 13.2 Å². The lowest BCUT2D eigenvalue weighted by molar-refractivity contribution is -0.141. The number of rotatable bonds is 3. The minimum absolute atomic E-state index is 0.146. The zero-order chi connectivity index (χ0) is 14.2. The molecule has 0 saturated carbocycles.